The van der Waals surface area contributed by atoms with E-state index in [1.807, 2.05) is 36.4 Å². The van der Waals surface area contributed by atoms with Crippen LogP contribution in [0.2, 0.25) is 0 Å². The van der Waals surface area contributed by atoms with Gasteiger partial charge in [-0.05, 0) is 71.6 Å². The van der Waals surface area contributed by atoms with Crippen LogP contribution in [0.25, 0.3) is 6.08 Å². The van der Waals surface area contributed by atoms with Crippen LogP contribution in [0, 0.1) is 18.3 Å². The Balaban J connectivity index is 1.91. The van der Waals surface area contributed by atoms with Crippen molar-refractivity contribution in [2.24, 2.45) is 0 Å². The average molecular weight is 627 g/mol. The normalized spacial score (nSPS) is 10.9. The molecule has 0 saturated heterocycles. The second kappa shape index (κ2) is 14.4. The first-order chi connectivity index (χ1) is 19.2. The molecule has 0 amide bonds. The third-order valence-corrected chi connectivity index (χ3v) is 7.55. The number of hydrogen-bond donors (Lipinski definition) is 0. The summed E-state index contributed by atoms with van der Waals surface area (Å²) in [7, 11) is 1.50. The van der Waals surface area contributed by atoms with Gasteiger partial charge >= 0.3 is 11.9 Å². The Bertz CT molecular complexity index is 1470. The first-order valence-electron chi connectivity index (χ1n) is 12.4. The number of ether oxygens (including phenoxy) is 4. The highest BCUT2D eigenvalue weighted by atomic mass is 79.9. The predicted octanol–water partition coefficient (Wildman–Crippen LogP) is 6.48. The highest BCUT2D eigenvalue weighted by molar-refractivity contribution is 9.10. The topological polar surface area (TPSA) is 112 Å². The van der Waals surface area contributed by atoms with Gasteiger partial charge in [0.2, 0.25) is 0 Å². The molecule has 0 aliphatic heterocycles. The fraction of sp³-hybridized carbons (Fsp3) is 0.267. The van der Waals surface area contributed by atoms with Crippen LogP contribution in [-0.4, -0.2) is 38.0 Å². The van der Waals surface area contributed by atoms with Gasteiger partial charge in [0.05, 0.1) is 35.9 Å². The van der Waals surface area contributed by atoms with Gasteiger partial charge in [0.1, 0.15) is 17.6 Å². The molecule has 40 heavy (non-hydrogen) atoms. The zero-order valence-electron chi connectivity index (χ0n) is 22.5. The molecule has 0 atom stereocenters. The molecule has 1 aromatic heterocycles. The summed E-state index contributed by atoms with van der Waals surface area (Å²) in [5.41, 5.74) is 1.90. The SMILES string of the molecule is CCOC(=O)c1sc(CC(=O)/C(C#N)=C/c2cc(Br)c(OCc3ccccc3)c(OC)c2)c(C(=O)OCC)c1C. The van der Waals surface area contributed by atoms with Crippen LogP contribution >= 0.6 is 27.3 Å². The van der Waals surface area contributed by atoms with Gasteiger partial charge < -0.3 is 18.9 Å². The zero-order chi connectivity index (χ0) is 29.2. The lowest BCUT2D eigenvalue weighted by atomic mass is 10.0. The lowest BCUT2D eigenvalue weighted by Gasteiger charge is -2.14. The number of benzene rings is 2. The van der Waals surface area contributed by atoms with Gasteiger partial charge in [0.25, 0.3) is 0 Å². The van der Waals surface area contributed by atoms with Crippen molar-refractivity contribution in [3.8, 4) is 17.6 Å². The second-order valence-electron chi connectivity index (χ2n) is 8.37. The van der Waals surface area contributed by atoms with Crippen LogP contribution in [0.1, 0.15) is 55.4 Å². The van der Waals surface area contributed by atoms with Crippen LogP contribution < -0.4 is 9.47 Å². The van der Waals surface area contributed by atoms with E-state index in [2.05, 4.69) is 15.9 Å². The van der Waals surface area contributed by atoms with Crippen LogP contribution in [0.4, 0.5) is 0 Å². The van der Waals surface area contributed by atoms with Crippen molar-refractivity contribution in [3.05, 3.63) is 84.5 Å². The van der Waals surface area contributed by atoms with Gasteiger partial charge in [0, 0.05) is 11.3 Å². The van der Waals surface area contributed by atoms with Gasteiger partial charge in [-0.25, -0.2) is 9.59 Å². The zero-order valence-corrected chi connectivity index (χ0v) is 24.9. The first-order valence-corrected chi connectivity index (χ1v) is 14.0. The molecule has 3 rings (SSSR count). The number of nitriles is 1. The molecule has 0 fully saturated rings. The molecule has 0 aliphatic rings. The van der Waals surface area contributed by atoms with Gasteiger partial charge in [-0.2, -0.15) is 5.26 Å². The average Bonchev–Trinajstić information content (AvgIpc) is 3.26. The number of rotatable bonds is 12. The molecule has 0 spiro atoms. The Kier molecular flexibility index (Phi) is 11.1. The number of nitrogens with zero attached hydrogens (tertiary/aromatic N) is 1. The molecule has 10 heteroatoms. The minimum absolute atomic E-state index is 0.126. The molecule has 1 heterocycles. The summed E-state index contributed by atoms with van der Waals surface area (Å²) in [6.45, 7) is 5.56. The Hall–Kier alpha value is -3.94. The maximum atomic E-state index is 13.2. The smallest absolute Gasteiger partial charge is 0.348 e. The maximum Gasteiger partial charge on any atom is 0.348 e. The molecule has 0 N–H and O–H groups in total. The number of hydrogen-bond acceptors (Lipinski definition) is 9. The first kappa shape index (κ1) is 30.6. The second-order valence-corrected chi connectivity index (χ2v) is 10.3. The number of Topliss-reactive ketones (excluding diaryl/α,β-unsaturated/α-hetero) is 1. The van der Waals surface area contributed by atoms with Crippen LogP contribution in [-0.2, 0) is 27.3 Å². The van der Waals surface area contributed by atoms with E-state index in [9.17, 15) is 19.6 Å². The Morgan fingerprint density at radius 2 is 1.73 bits per heavy atom. The largest absolute Gasteiger partial charge is 0.493 e. The van der Waals surface area contributed by atoms with Crippen LogP contribution in [0.3, 0.4) is 0 Å². The number of halogens is 1. The number of allylic oxidation sites excluding steroid dienone is 1. The molecule has 3 aromatic rings. The molecule has 0 aliphatic carbocycles. The number of thiophene rings is 1. The lowest BCUT2D eigenvalue weighted by molar-refractivity contribution is -0.114. The summed E-state index contributed by atoms with van der Waals surface area (Å²) in [5.74, 6) is -0.857. The summed E-state index contributed by atoms with van der Waals surface area (Å²) < 4.78 is 22.3. The van der Waals surface area contributed by atoms with Crippen molar-refractivity contribution < 1.29 is 33.3 Å². The number of carbonyl (C=O) groups excluding carboxylic acids is 3. The van der Waals surface area contributed by atoms with Gasteiger partial charge in [-0.1, -0.05) is 30.3 Å². The summed E-state index contributed by atoms with van der Waals surface area (Å²) in [6, 6.07) is 15.0. The molecular formula is C30H28BrNO7S. The van der Waals surface area contributed by atoms with Crippen molar-refractivity contribution in [2.45, 2.75) is 33.8 Å². The number of ketones is 1. The minimum Gasteiger partial charge on any atom is -0.493 e. The van der Waals surface area contributed by atoms with Crippen molar-refractivity contribution in [1.82, 2.24) is 0 Å². The van der Waals surface area contributed by atoms with Gasteiger partial charge in [-0.3, -0.25) is 4.79 Å². The van der Waals surface area contributed by atoms with E-state index in [4.69, 9.17) is 18.9 Å². The Morgan fingerprint density at radius 1 is 1.05 bits per heavy atom. The van der Waals surface area contributed by atoms with E-state index >= 15 is 0 Å². The summed E-state index contributed by atoms with van der Waals surface area (Å²) >= 11 is 4.48. The molecule has 8 nitrogen and oxygen atoms in total. The fourth-order valence-electron chi connectivity index (χ4n) is 3.84. The fourth-order valence-corrected chi connectivity index (χ4v) is 5.60. The highest BCUT2D eigenvalue weighted by Crippen LogP contribution is 2.38. The molecule has 0 radical (unpaired) electrons. The third-order valence-electron chi connectivity index (χ3n) is 5.69. The molecular weight excluding hydrogens is 598 g/mol. The summed E-state index contributed by atoms with van der Waals surface area (Å²) in [4.78, 5) is 38.9. The van der Waals surface area contributed by atoms with Crippen molar-refractivity contribution in [2.75, 3.05) is 20.3 Å². The quantitative estimate of drug-likeness (QED) is 0.128. The Morgan fingerprint density at radius 3 is 2.35 bits per heavy atom. The molecule has 0 unspecified atom stereocenters. The van der Waals surface area contributed by atoms with Gasteiger partial charge in [0.15, 0.2) is 17.3 Å². The van der Waals surface area contributed by atoms with E-state index < -0.39 is 17.7 Å². The number of esters is 2. The predicted molar refractivity (Wildman–Crippen MR) is 155 cm³/mol. The number of methoxy groups -OCH3 is 1. The molecule has 0 saturated carbocycles. The molecule has 208 valence electrons. The van der Waals surface area contributed by atoms with E-state index in [-0.39, 0.29) is 35.6 Å². The van der Waals surface area contributed by atoms with E-state index in [1.165, 1.54) is 13.2 Å². The molecule has 0 bridgehead atoms. The Labute approximate surface area is 245 Å². The van der Waals surface area contributed by atoms with Crippen molar-refractivity contribution >= 4 is 51.1 Å². The molecule has 2 aromatic carbocycles. The van der Waals surface area contributed by atoms with Crippen molar-refractivity contribution in [3.63, 3.8) is 0 Å². The lowest BCUT2D eigenvalue weighted by Crippen LogP contribution is -2.12. The monoisotopic (exact) mass is 625 g/mol. The number of carbonyl (C=O) groups is 3. The third kappa shape index (κ3) is 7.37. The van der Waals surface area contributed by atoms with E-state index in [0.717, 1.165) is 16.9 Å². The van der Waals surface area contributed by atoms with Crippen LogP contribution in [0.15, 0.2) is 52.5 Å². The minimum atomic E-state index is -0.642. The maximum absolute atomic E-state index is 13.2. The van der Waals surface area contributed by atoms with E-state index in [0.29, 0.717) is 38.6 Å². The summed E-state index contributed by atoms with van der Waals surface area (Å²) in [5, 5.41) is 9.81. The standard InChI is InChI=1S/C30H28BrNO7S/c1-5-37-29(34)26-18(3)28(30(35)38-6-2)40-25(26)15-23(33)21(16-32)12-20-13-22(31)27(24(14-20)36-4)39-17-19-10-8-7-9-11-19/h7-14H,5-6,15,17H2,1-4H3/b21-12+. The highest BCUT2D eigenvalue weighted by Gasteiger charge is 2.28. The summed E-state index contributed by atoms with van der Waals surface area (Å²) in [6.07, 6.45) is 1.17. The van der Waals surface area contributed by atoms with Gasteiger partial charge in [-0.15, -0.1) is 11.3 Å². The van der Waals surface area contributed by atoms with E-state index in [1.54, 1.807) is 32.9 Å². The van der Waals surface area contributed by atoms with Crippen LogP contribution in [0.5, 0.6) is 11.5 Å². The van der Waals surface area contributed by atoms with Crippen molar-refractivity contribution in [1.29, 1.82) is 5.26 Å².